The lowest BCUT2D eigenvalue weighted by Gasteiger charge is -2.05. The van der Waals surface area contributed by atoms with Gasteiger partial charge in [-0.3, -0.25) is 14.2 Å². The normalized spacial score (nSPS) is 11.1. The number of nitrogens with one attached hydrogen (secondary N) is 1. The van der Waals surface area contributed by atoms with Gasteiger partial charge in [-0.25, -0.2) is 0 Å². The van der Waals surface area contributed by atoms with Gasteiger partial charge in [-0.1, -0.05) is 46.6 Å². The molecule has 30 heavy (non-hydrogen) atoms. The molecule has 0 saturated heterocycles. The van der Waals surface area contributed by atoms with E-state index in [0.717, 1.165) is 11.3 Å². The van der Waals surface area contributed by atoms with E-state index in [0.29, 0.717) is 35.3 Å². The first-order valence-electron chi connectivity index (χ1n) is 9.43. The molecule has 1 N–H and O–H groups in total. The highest BCUT2D eigenvalue weighted by molar-refractivity contribution is 6.30. The predicted octanol–water partition coefficient (Wildman–Crippen LogP) is 4.00. The van der Waals surface area contributed by atoms with Crippen molar-refractivity contribution < 1.29 is 9.32 Å². The van der Waals surface area contributed by atoms with Crippen molar-refractivity contribution >= 4 is 23.3 Å². The molecule has 1 aromatic carbocycles. The molecular weight excluding hydrogens is 404 g/mol. The van der Waals surface area contributed by atoms with E-state index in [2.05, 4.69) is 45.8 Å². The minimum atomic E-state index is -0.389. The van der Waals surface area contributed by atoms with Gasteiger partial charge in [0.25, 0.3) is 5.91 Å². The number of carbonyl (C=O) groups is 1. The van der Waals surface area contributed by atoms with Gasteiger partial charge in [0.2, 0.25) is 0 Å². The summed E-state index contributed by atoms with van der Waals surface area (Å²) in [4.78, 5) is 12.8. The molecule has 4 aromatic rings. The molecule has 0 spiro atoms. The molecule has 4 rings (SSSR count). The first kappa shape index (κ1) is 19.9. The third-order valence-electron chi connectivity index (χ3n) is 4.76. The molecule has 8 nitrogen and oxygen atoms in total. The standard InChI is InChI=1S/C21H21ClN6O2/c1-13-5-4-6-16(7-13)10-28-14(2)8-19(25-28)24-21(29)20-18(15(3)30-26-20)12-27-11-17(22)9-23-27/h4-9,11H,10,12H2,1-3H3,(H,24,25,29). The van der Waals surface area contributed by atoms with Crippen molar-refractivity contribution in [3.63, 3.8) is 0 Å². The Morgan fingerprint density at radius 1 is 1.20 bits per heavy atom. The van der Waals surface area contributed by atoms with Gasteiger partial charge in [-0.2, -0.15) is 10.2 Å². The molecule has 0 aliphatic rings. The van der Waals surface area contributed by atoms with Crippen LogP contribution < -0.4 is 5.32 Å². The van der Waals surface area contributed by atoms with Gasteiger partial charge in [-0.05, 0) is 26.3 Å². The van der Waals surface area contributed by atoms with E-state index >= 15 is 0 Å². The van der Waals surface area contributed by atoms with E-state index in [9.17, 15) is 4.79 Å². The van der Waals surface area contributed by atoms with Crippen molar-refractivity contribution in [2.24, 2.45) is 0 Å². The first-order valence-corrected chi connectivity index (χ1v) is 9.81. The minimum absolute atomic E-state index is 0.199. The number of hydrogen-bond donors (Lipinski definition) is 1. The molecule has 0 unspecified atom stereocenters. The fourth-order valence-corrected chi connectivity index (χ4v) is 3.39. The summed E-state index contributed by atoms with van der Waals surface area (Å²) in [5.41, 5.74) is 4.12. The number of hydrogen-bond acceptors (Lipinski definition) is 5. The third-order valence-corrected chi connectivity index (χ3v) is 4.95. The zero-order chi connectivity index (χ0) is 21.3. The Kier molecular flexibility index (Phi) is 5.41. The van der Waals surface area contributed by atoms with Crippen LogP contribution in [0.5, 0.6) is 0 Å². The number of benzene rings is 1. The Hall–Kier alpha value is -3.39. The van der Waals surface area contributed by atoms with Gasteiger partial charge in [0, 0.05) is 23.5 Å². The van der Waals surface area contributed by atoms with Crippen LogP contribution in [0.15, 0.2) is 47.2 Å². The van der Waals surface area contributed by atoms with Crippen LogP contribution in [0.3, 0.4) is 0 Å². The number of halogens is 1. The molecule has 0 radical (unpaired) electrons. The molecule has 1 amide bonds. The first-order chi connectivity index (χ1) is 14.4. The maximum absolute atomic E-state index is 12.8. The highest BCUT2D eigenvalue weighted by atomic mass is 35.5. The van der Waals surface area contributed by atoms with Crippen molar-refractivity contribution in [1.82, 2.24) is 24.7 Å². The molecule has 0 saturated carbocycles. The van der Waals surface area contributed by atoms with Gasteiger partial charge in [0.15, 0.2) is 11.5 Å². The highest BCUT2D eigenvalue weighted by Gasteiger charge is 2.21. The summed E-state index contributed by atoms with van der Waals surface area (Å²) < 4.78 is 8.72. The monoisotopic (exact) mass is 424 g/mol. The Bertz CT molecular complexity index is 1210. The van der Waals surface area contributed by atoms with Gasteiger partial charge < -0.3 is 9.84 Å². The summed E-state index contributed by atoms with van der Waals surface area (Å²) in [5, 5.41) is 15.9. The largest absolute Gasteiger partial charge is 0.361 e. The average Bonchev–Trinajstić information content (AvgIpc) is 3.36. The van der Waals surface area contributed by atoms with Crippen molar-refractivity contribution in [2.45, 2.75) is 33.9 Å². The zero-order valence-corrected chi connectivity index (χ0v) is 17.6. The van der Waals surface area contributed by atoms with Crippen LogP contribution in [-0.2, 0) is 13.1 Å². The number of rotatable bonds is 6. The Morgan fingerprint density at radius 2 is 2.03 bits per heavy atom. The lowest BCUT2D eigenvalue weighted by Crippen LogP contribution is -2.16. The summed E-state index contributed by atoms with van der Waals surface area (Å²) >= 11 is 5.92. The van der Waals surface area contributed by atoms with E-state index in [1.54, 1.807) is 17.8 Å². The van der Waals surface area contributed by atoms with E-state index in [-0.39, 0.29) is 11.6 Å². The second-order valence-electron chi connectivity index (χ2n) is 7.19. The predicted molar refractivity (Wildman–Crippen MR) is 113 cm³/mol. The molecule has 0 aliphatic heterocycles. The lowest BCUT2D eigenvalue weighted by atomic mass is 10.1. The maximum Gasteiger partial charge on any atom is 0.279 e. The number of amides is 1. The topological polar surface area (TPSA) is 90.8 Å². The second-order valence-corrected chi connectivity index (χ2v) is 7.63. The number of carbonyl (C=O) groups excluding carboxylic acids is 1. The van der Waals surface area contributed by atoms with Crippen molar-refractivity contribution in [2.75, 3.05) is 5.32 Å². The van der Waals surface area contributed by atoms with Crippen molar-refractivity contribution in [3.8, 4) is 0 Å². The fraction of sp³-hybridized carbons (Fsp3) is 0.238. The van der Waals surface area contributed by atoms with Crippen LogP contribution >= 0.6 is 11.6 Å². The maximum atomic E-state index is 12.8. The lowest BCUT2D eigenvalue weighted by molar-refractivity contribution is 0.101. The van der Waals surface area contributed by atoms with Gasteiger partial charge in [-0.15, -0.1) is 0 Å². The molecule has 3 aromatic heterocycles. The summed E-state index contributed by atoms with van der Waals surface area (Å²) in [6.45, 7) is 6.71. The van der Waals surface area contributed by atoms with Crippen LogP contribution in [0.4, 0.5) is 5.82 Å². The fourth-order valence-electron chi connectivity index (χ4n) is 3.23. The molecule has 0 atom stereocenters. The molecule has 0 bridgehead atoms. The van der Waals surface area contributed by atoms with E-state index < -0.39 is 0 Å². The molecule has 3 heterocycles. The minimum Gasteiger partial charge on any atom is -0.361 e. The molecule has 0 fully saturated rings. The smallest absolute Gasteiger partial charge is 0.279 e. The van der Waals surface area contributed by atoms with Crippen molar-refractivity contribution in [1.29, 1.82) is 0 Å². The van der Waals surface area contributed by atoms with Crippen LogP contribution in [0.1, 0.15) is 38.6 Å². The SMILES string of the molecule is Cc1cccc(Cn2nc(NC(=O)c3noc(C)c3Cn3cc(Cl)cn3)cc2C)c1. The summed E-state index contributed by atoms with van der Waals surface area (Å²) in [6.07, 6.45) is 3.21. The molecular formula is C21H21ClN6O2. The Morgan fingerprint density at radius 3 is 2.77 bits per heavy atom. The van der Waals surface area contributed by atoms with Crippen molar-refractivity contribution in [3.05, 3.63) is 81.6 Å². The van der Waals surface area contributed by atoms with E-state index in [1.165, 1.54) is 11.8 Å². The summed E-state index contributed by atoms with van der Waals surface area (Å²) in [6, 6.07) is 10.1. The highest BCUT2D eigenvalue weighted by Crippen LogP contribution is 2.18. The molecule has 154 valence electrons. The zero-order valence-electron chi connectivity index (χ0n) is 16.9. The van der Waals surface area contributed by atoms with E-state index in [1.807, 2.05) is 23.7 Å². The quantitative estimate of drug-likeness (QED) is 0.505. The summed E-state index contributed by atoms with van der Waals surface area (Å²) in [5.74, 6) is 0.618. The number of anilines is 1. The number of nitrogens with zero attached hydrogens (tertiary/aromatic N) is 5. The van der Waals surface area contributed by atoms with Gasteiger partial charge >= 0.3 is 0 Å². The second kappa shape index (κ2) is 8.16. The summed E-state index contributed by atoms with van der Waals surface area (Å²) in [7, 11) is 0. The molecule has 0 aliphatic carbocycles. The van der Waals surface area contributed by atoms with E-state index in [4.69, 9.17) is 16.1 Å². The average molecular weight is 425 g/mol. The van der Waals surface area contributed by atoms with Crippen LogP contribution in [0.2, 0.25) is 5.02 Å². The number of aromatic nitrogens is 5. The Labute approximate surface area is 178 Å². The molecule has 9 heteroatoms. The van der Waals surface area contributed by atoms with Gasteiger partial charge in [0.1, 0.15) is 5.76 Å². The van der Waals surface area contributed by atoms with Gasteiger partial charge in [0.05, 0.1) is 24.3 Å². The van der Waals surface area contributed by atoms with Crippen LogP contribution in [0, 0.1) is 20.8 Å². The number of aryl methyl sites for hydroxylation is 3. The Balaban J connectivity index is 1.51. The van der Waals surface area contributed by atoms with Crippen LogP contribution in [-0.4, -0.2) is 30.6 Å². The van der Waals surface area contributed by atoms with Crippen LogP contribution in [0.25, 0.3) is 0 Å². The third kappa shape index (κ3) is 4.28.